The Hall–Kier alpha value is -2.37. The van der Waals surface area contributed by atoms with Crippen LogP contribution < -0.4 is 5.76 Å². The number of aliphatic carboxylic acids is 1. The van der Waals surface area contributed by atoms with Gasteiger partial charge in [-0.1, -0.05) is 0 Å². The van der Waals surface area contributed by atoms with Gasteiger partial charge in [0.1, 0.15) is 0 Å². The Balaban J connectivity index is 2.20. The van der Waals surface area contributed by atoms with Crippen molar-refractivity contribution in [2.24, 2.45) is 7.05 Å². The molecule has 1 heterocycles. The molecule has 1 aromatic heterocycles. The summed E-state index contributed by atoms with van der Waals surface area (Å²) in [4.78, 5) is 33.6. The molecule has 0 aliphatic heterocycles. The summed E-state index contributed by atoms with van der Waals surface area (Å²) in [7, 11) is 1.56. The van der Waals surface area contributed by atoms with Crippen molar-refractivity contribution in [3.63, 3.8) is 0 Å². The van der Waals surface area contributed by atoms with E-state index in [0.717, 1.165) is 0 Å². The van der Waals surface area contributed by atoms with Gasteiger partial charge in [-0.3, -0.25) is 14.2 Å². The molecule has 1 aromatic carbocycles. The van der Waals surface area contributed by atoms with Gasteiger partial charge in [0.2, 0.25) is 0 Å². The van der Waals surface area contributed by atoms with E-state index in [-0.39, 0.29) is 18.6 Å². The van der Waals surface area contributed by atoms with Gasteiger partial charge in [-0.2, -0.15) is 0 Å². The fourth-order valence-corrected chi connectivity index (χ4v) is 1.84. The highest BCUT2D eigenvalue weighted by Crippen LogP contribution is 2.16. The molecule has 0 spiro atoms. The van der Waals surface area contributed by atoms with E-state index in [2.05, 4.69) is 0 Å². The molecular formula is C13H13NO5. The molecule has 0 fully saturated rings. The molecule has 1 N–H and O–H groups in total. The van der Waals surface area contributed by atoms with Crippen molar-refractivity contribution in [3.8, 4) is 0 Å². The molecule has 6 heteroatoms. The van der Waals surface area contributed by atoms with Crippen molar-refractivity contribution in [2.75, 3.05) is 0 Å². The van der Waals surface area contributed by atoms with Gasteiger partial charge in [-0.15, -0.1) is 0 Å². The molecule has 0 aliphatic rings. The molecule has 2 aromatic rings. The number of carbonyl (C=O) groups excluding carboxylic acids is 1. The molecule has 0 unspecified atom stereocenters. The summed E-state index contributed by atoms with van der Waals surface area (Å²) < 4.78 is 6.29. The van der Waals surface area contributed by atoms with Crippen LogP contribution in [0.3, 0.4) is 0 Å². The fraction of sp³-hybridized carbons (Fsp3) is 0.308. The largest absolute Gasteiger partial charge is 0.481 e. The summed E-state index contributed by atoms with van der Waals surface area (Å²) in [5.41, 5.74) is 1.43. The Morgan fingerprint density at radius 2 is 2.05 bits per heavy atom. The second-order valence-corrected chi connectivity index (χ2v) is 4.28. The third-order valence-electron chi connectivity index (χ3n) is 2.91. The lowest BCUT2D eigenvalue weighted by molar-refractivity contribution is -0.137. The van der Waals surface area contributed by atoms with E-state index in [9.17, 15) is 14.4 Å². The van der Waals surface area contributed by atoms with Crippen LogP contribution in [-0.4, -0.2) is 21.4 Å². The van der Waals surface area contributed by atoms with Gasteiger partial charge in [-0.05, 0) is 24.6 Å². The Morgan fingerprint density at radius 3 is 2.74 bits per heavy atom. The molecule has 19 heavy (non-hydrogen) atoms. The van der Waals surface area contributed by atoms with Crippen molar-refractivity contribution >= 4 is 22.9 Å². The van der Waals surface area contributed by atoms with Crippen molar-refractivity contribution in [2.45, 2.75) is 19.3 Å². The second-order valence-electron chi connectivity index (χ2n) is 4.28. The molecule has 100 valence electrons. The quantitative estimate of drug-likeness (QED) is 0.827. The molecule has 0 atom stereocenters. The van der Waals surface area contributed by atoms with E-state index < -0.39 is 11.7 Å². The van der Waals surface area contributed by atoms with Gasteiger partial charge in [0.25, 0.3) is 0 Å². The summed E-state index contributed by atoms with van der Waals surface area (Å²) in [5.74, 6) is -1.54. The van der Waals surface area contributed by atoms with E-state index in [1.165, 1.54) is 4.57 Å². The van der Waals surface area contributed by atoms with Crippen LogP contribution in [0.4, 0.5) is 0 Å². The number of nitrogens with zero attached hydrogens (tertiary/aromatic N) is 1. The highest BCUT2D eigenvalue weighted by atomic mass is 16.4. The Morgan fingerprint density at radius 1 is 1.32 bits per heavy atom. The number of ketones is 1. The monoisotopic (exact) mass is 263 g/mol. The van der Waals surface area contributed by atoms with E-state index in [1.54, 1.807) is 25.2 Å². The number of carboxylic acid groups (broad SMARTS) is 1. The predicted molar refractivity (Wildman–Crippen MR) is 67.3 cm³/mol. The molecule has 0 saturated carbocycles. The SMILES string of the molecule is Cn1c(=O)oc2ccc(C(=O)CCCC(=O)O)cc21. The first kappa shape index (κ1) is 13.1. The Labute approximate surface area is 108 Å². The lowest BCUT2D eigenvalue weighted by atomic mass is 10.1. The van der Waals surface area contributed by atoms with Crippen molar-refractivity contribution in [3.05, 3.63) is 34.3 Å². The number of fused-ring (bicyclic) bond motifs is 1. The molecule has 0 amide bonds. The van der Waals surface area contributed by atoms with Crippen molar-refractivity contribution in [1.82, 2.24) is 4.57 Å². The third kappa shape index (κ3) is 2.73. The third-order valence-corrected chi connectivity index (χ3v) is 2.91. The molecule has 2 rings (SSSR count). The van der Waals surface area contributed by atoms with Crippen LogP contribution in [0.1, 0.15) is 29.6 Å². The van der Waals surface area contributed by atoms with E-state index in [4.69, 9.17) is 9.52 Å². The Kier molecular flexibility index (Phi) is 3.50. The summed E-state index contributed by atoms with van der Waals surface area (Å²) in [5, 5.41) is 8.52. The Bertz CT molecular complexity index is 695. The fourth-order valence-electron chi connectivity index (χ4n) is 1.84. The van der Waals surface area contributed by atoms with Gasteiger partial charge in [0, 0.05) is 25.5 Å². The minimum Gasteiger partial charge on any atom is -0.481 e. The minimum atomic E-state index is -0.916. The van der Waals surface area contributed by atoms with Crippen molar-refractivity contribution in [1.29, 1.82) is 0 Å². The first-order chi connectivity index (χ1) is 8.99. The number of oxazole rings is 1. The van der Waals surface area contributed by atoms with Gasteiger partial charge >= 0.3 is 11.7 Å². The molecule has 6 nitrogen and oxygen atoms in total. The standard InChI is InChI=1S/C13H13NO5/c1-14-9-7-8(5-6-11(9)19-13(14)18)10(15)3-2-4-12(16)17/h5-7H,2-4H2,1H3,(H,16,17). The van der Waals surface area contributed by atoms with E-state index in [0.29, 0.717) is 23.1 Å². The molecule has 0 aliphatic carbocycles. The lowest BCUT2D eigenvalue weighted by Gasteiger charge is -2.00. The average molecular weight is 263 g/mol. The number of carboxylic acids is 1. The van der Waals surface area contributed by atoms with E-state index in [1.807, 2.05) is 0 Å². The number of benzene rings is 1. The number of Topliss-reactive ketones (excluding diaryl/α,β-unsaturated/α-hetero) is 1. The number of hydrogen-bond donors (Lipinski definition) is 1. The summed E-state index contributed by atoms with van der Waals surface area (Å²) in [6.45, 7) is 0. The van der Waals surface area contributed by atoms with Crippen LogP contribution in [0.2, 0.25) is 0 Å². The van der Waals surface area contributed by atoms with Crippen LogP contribution in [0.25, 0.3) is 11.1 Å². The van der Waals surface area contributed by atoms with Gasteiger partial charge in [-0.25, -0.2) is 4.79 Å². The zero-order valence-corrected chi connectivity index (χ0v) is 10.4. The second kappa shape index (κ2) is 5.09. The van der Waals surface area contributed by atoms with Gasteiger partial charge < -0.3 is 9.52 Å². The highest BCUT2D eigenvalue weighted by molar-refractivity contribution is 5.98. The smallest absolute Gasteiger partial charge is 0.419 e. The summed E-state index contributed by atoms with van der Waals surface area (Å²) in [6.07, 6.45) is 0.443. The maximum atomic E-state index is 11.9. The molecular weight excluding hydrogens is 250 g/mol. The molecule has 0 saturated heterocycles. The number of rotatable bonds is 5. The zero-order chi connectivity index (χ0) is 14.0. The predicted octanol–water partition coefficient (Wildman–Crippen LogP) is 1.57. The van der Waals surface area contributed by atoms with Crippen molar-refractivity contribution < 1.29 is 19.1 Å². The van der Waals surface area contributed by atoms with Gasteiger partial charge in [0.05, 0.1) is 5.52 Å². The van der Waals surface area contributed by atoms with Crippen LogP contribution in [0.15, 0.2) is 27.4 Å². The topological polar surface area (TPSA) is 89.5 Å². The molecule has 0 radical (unpaired) electrons. The maximum absolute atomic E-state index is 11.9. The highest BCUT2D eigenvalue weighted by Gasteiger charge is 2.11. The van der Waals surface area contributed by atoms with Crippen LogP contribution in [-0.2, 0) is 11.8 Å². The zero-order valence-electron chi connectivity index (χ0n) is 10.4. The lowest BCUT2D eigenvalue weighted by Crippen LogP contribution is -2.08. The first-order valence-corrected chi connectivity index (χ1v) is 5.83. The van der Waals surface area contributed by atoms with Crippen LogP contribution in [0.5, 0.6) is 0 Å². The van der Waals surface area contributed by atoms with E-state index >= 15 is 0 Å². The minimum absolute atomic E-state index is 0.0296. The summed E-state index contributed by atoms with van der Waals surface area (Å²) >= 11 is 0. The normalized spacial score (nSPS) is 10.8. The van der Waals surface area contributed by atoms with Crippen LogP contribution >= 0.6 is 0 Å². The average Bonchev–Trinajstić information content (AvgIpc) is 2.64. The summed E-state index contributed by atoms with van der Waals surface area (Å²) in [6, 6.07) is 4.73. The van der Waals surface area contributed by atoms with Crippen LogP contribution in [0, 0.1) is 0 Å². The number of aryl methyl sites for hydroxylation is 1. The number of hydrogen-bond acceptors (Lipinski definition) is 4. The molecule has 0 bridgehead atoms. The maximum Gasteiger partial charge on any atom is 0.419 e. The first-order valence-electron chi connectivity index (χ1n) is 5.83. The number of carbonyl (C=O) groups is 2. The number of aromatic nitrogens is 1. The van der Waals surface area contributed by atoms with Gasteiger partial charge in [0.15, 0.2) is 11.4 Å².